The number of methoxy groups -OCH3 is 1. The number of benzene rings is 2. The number of aromatic nitrogens is 1. The van der Waals surface area contributed by atoms with Crippen molar-refractivity contribution >= 4 is 35.4 Å². The van der Waals surface area contributed by atoms with Crippen LogP contribution < -0.4 is 14.9 Å². The quantitative estimate of drug-likeness (QED) is 0.481. The van der Waals surface area contributed by atoms with Crippen LogP contribution in [0.1, 0.15) is 48.3 Å². The first-order valence-corrected chi connectivity index (χ1v) is 12.3. The minimum atomic E-state index is -0.751. The number of rotatable bonds is 6. The number of carbonyl (C=O) groups is 2. The fourth-order valence-corrected chi connectivity index (χ4v) is 4.92. The first-order chi connectivity index (χ1) is 17.3. The van der Waals surface area contributed by atoms with Crippen LogP contribution in [-0.4, -0.2) is 29.7 Å². The zero-order chi connectivity index (χ0) is 25.8. The molecule has 0 amide bonds. The van der Waals surface area contributed by atoms with Crippen LogP contribution in [-0.2, 0) is 14.3 Å². The SMILES string of the molecule is COC(=O)c1ccc(C2C(C(=O)OC(C)C)=C(C)N=c3sc(=CC=Cc4ccccc4)c(=O)n32)cc1. The third-order valence-electron chi connectivity index (χ3n) is 5.57. The fourth-order valence-electron chi connectivity index (χ4n) is 3.92. The van der Waals surface area contributed by atoms with Gasteiger partial charge in [-0.15, -0.1) is 0 Å². The number of allylic oxidation sites excluding steroid dienone is 2. The van der Waals surface area contributed by atoms with E-state index in [-0.39, 0.29) is 17.2 Å². The molecule has 2 heterocycles. The van der Waals surface area contributed by atoms with E-state index in [0.29, 0.717) is 26.2 Å². The lowest BCUT2D eigenvalue weighted by Gasteiger charge is -2.25. The van der Waals surface area contributed by atoms with Gasteiger partial charge in [0.15, 0.2) is 4.80 Å². The normalized spacial score (nSPS) is 15.7. The Bertz CT molecular complexity index is 1530. The summed E-state index contributed by atoms with van der Waals surface area (Å²) in [4.78, 5) is 43.7. The summed E-state index contributed by atoms with van der Waals surface area (Å²) in [7, 11) is 1.31. The van der Waals surface area contributed by atoms with Crippen LogP contribution in [0.25, 0.3) is 12.2 Å². The van der Waals surface area contributed by atoms with Gasteiger partial charge in [-0.25, -0.2) is 14.6 Å². The standard InChI is InChI=1S/C28H26N2O5S/c1-17(2)35-27(33)23-18(3)29-28-30(24(23)20-13-15-21(16-14-20)26(32)34-4)25(31)22(36-28)12-8-11-19-9-6-5-7-10-19/h5-17,24H,1-4H3. The van der Waals surface area contributed by atoms with Gasteiger partial charge >= 0.3 is 11.9 Å². The van der Waals surface area contributed by atoms with E-state index in [1.54, 1.807) is 51.1 Å². The molecule has 7 nitrogen and oxygen atoms in total. The van der Waals surface area contributed by atoms with Crippen LogP contribution >= 0.6 is 11.3 Å². The molecule has 0 fully saturated rings. The molecule has 36 heavy (non-hydrogen) atoms. The molecule has 0 saturated heterocycles. The molecule has 8 heteroatoms. The van der Waals surface area contributed by atoms with Crippen molar-refractivity contribution in [2.75, 3.05) is 7.11 Å². The summed E-state index contributed by atoms with van der Waals surface area (Å²) in [5, 5.41) is 0. The Morgan fingerprint density at radius 1 is 1.06 bits per heavy atom. The van der Waals surface area contributed by atoms with Gasteiger partial charge in [-0.2, -0.15) is 0 Å². The molecule has 0 radical (unpaired) electrons. The van der Waals surface area contributed by atoms with Crippen molar-refractivity contribution in [3.05, 3.63) is 108 Å². The fraction of sp³-hybridized carbons (Fsp3) is 0.214. The topological polar surface area (TPSA) is 87.0 Å². The molecule has 184 valence electrons. The van der Waals surface area contributed by atoms with E-state index in [9.17, 15) is 14.4 Å². The average molecular weight is 503 g/mol. The van der Waals surface area contributed by atoms with Crippen molar-refractivity contribution in [2.24, 2.45) is 4.99 Å². The van der Waals surface area contributed by atoms with Gasteiger partial charge in [-0.05, 0) is 50.1 Å². The Hall–Kier alpha value is -4.04. The van der Waals surface area contributed by atoms with E-state index in [1.807, 2.05) is 42.5 Å². The van der Waals surface area contributed by atoms with Crippen molar-refractivity contribution < 1.29 is 19.1 Å². The number of hydrogen-bond donors (Lipinski definition) is 0. The molecule has 3 aromatic rings. The Morgan fingerprint density at radius 2 is 1.75 bits per heavy atom. The summed E-state index contributed by atoms with van der Waals surface area (Å²) < 4.78 is 12.3. The number of nitrogens with zero attached hydrogens (tertiary/aromatic N) is 2. The second-order valence-corrected chi connectivity index (χ2v) is 9.45. The number of esters is 2. The van der Waals surface area contributed by atoms with Gasteiger partial charge in [-0.1, -0.05) is 66.0 Å². The maximum absolute atomic E-state index is 13.6. The Kier molecular flexibility index (Phi) is 7.45. The van der Waals surface area contributed by atoms with E-state index in [0.717, 1.165) is 5.56 Å². The molecule has 1 aliphatic rings. The van der Waals surface area contributed by atoms with Gasteiger partial charge in [-0.3, -0.25) is 9.36 Å². The highest BCUT2D eigenvalue weighted by Gasteiger charge is 2.33. The lowest BCUT2D eigenvalue weighted by atomic mass is 9.95. The maximum Gasteiger partial charge on any atom is 0.338 e. The predicted octanol–water partition coefficient (Wildman–Crippen LogP) is 3.64. The zero-order valence-electron chi connectivity index (χ0n) is 20.4. The van der Waals surface area contributed by atoms with Crippen LogP contribution in [0.2, 0.25) is 0 Å². The van der Waals surface area contributed by atoms with Crippen molar-refractivity contribution in [1.29, 1.82) is 0 Å². The van der Waals surface area contributed by atoms with Crippen molar-refractivity contribution in [2.45, 2.75) is 32.9 Å². The monoisotopic (exact) mass is 502 g/mol. The van der Waals surface area contributed by atoms with E-state index in [1.165, 1.54) is 23.0 Å². The van der Waals surface area contributed by atoms with Gasteiger partial charge in [0.25, 0.3) is 5.56 Å². The van der Waals surface area contributed by atoms with Gasteiger partial charge in [0.2, 0.25) is 0 Å². The molecule has 1 atom stereocenters. The van der Waals surface area contributed by atoms with E-state index in [4.69, 9.17) is 9.47 Å². The third kappa shape index (κ3) is 5.13. The largest absolute Gasteiger partial charge is 0.465 e. The van der Waals surface area contributed by atoms with Crippen molar-refractivity contribution in [3.63, 3.8) is 0 Å². The summed E-state index contributed by atoms with van der Waals surface area (Å²) in [5.74, 6) is -1.01. The molecule has 2 aromatic carbocycles. The van der Waals surface area contributed by atoms with Gasteiger partial charge in [0.1, 0.15) is 0 Å². The van der Waals surface area contributed by atoms with Gasteiger partial charge < -0.3 is 9.47 Å². The summed E-state index contributed by atoms with van der Waals surface area (Å²) in [5.41, 5.74) is 2.54. The minimum absolute atomic E-state index is 0.263. The lowest BCUT2D eigenvalue weighted by molar-refractivity contribution is -0.143. The summed E-state index contributed by atoms with van der Waals surface area (Å²) >= 11 is 1.26. The number of thiazole rings is 1. The summed E-state index contributed by atoms with van der Waals surface area (Å²) in [6, 6.07) is 15.7. The number of carbonyl (C=O) groups excluding carboxylic acids is 2. The second-order valence-electron chi connectivity index (χ2n) is 8.44. The van der Waals surface area contributed by atoms with E-state index < -0.39 is 18.0 Å². The summed E-state index contributed by atoms with van der Waals surface area (Å²) in [6.45, 7) is 5.27. The Balaban J connectivity index is 1.84. The summed E-state index contributed by atoms with van der Waals surface area (Å²) in [6.07, 6.45) is 5.15. The first kappa shape index (κ1) is 25.1. The molecular weight excluding hydrogens is 476 g/mol. The highest BCUT2D eigenvalue weighted by atomic mass is 32.1. The maximum atomic E-state index is 13.6. The molecule has 0 saturated carbocycles. The zero-order valence-corrected chi connectivity index (χ0v) is 21.2. The lowest BCUT2D eigenvalue weighted by Crippen LogP contribution is -2.40. The van der Waals surface area contributed by atoms with E-state index in [2.05, 4.69) is 4.99 Å². The molecule has 0 bridgehead atoms. The van der Waals surface area contributed by atoms with Crippen molar-refractivity contribution in [3.8, 4) is 0 Å². The predicted molar refractivity (Wildman–Crippen MR) is 139 cm³/mol. The molecular formula is C28H26N2O5S. The highest BCUT2D eigenvalue weighted by Crippen LogP contribution is 2.31. The number of fused-ring (bicyclic) bond motifs is 1. The smallest absolute Gasteiger partial charge is 0.338 e. The van der Waals surface area contributed by atoms with Crippen LogP contribution in [0.5, 0.6) is 0 Å². The van der Waals surface area contributed by atoms with Crippen LogP contribution in [0, 0.1) is 0 Å². The molecule has 4 rings (SSSR count). The molecule has 0 N–H and O–H groups in total. The highest BCUT2D eigenvalue weighted by molar-refractivity contribution is 7.07. The van der Waals surface area contributed by atoms with Gasteiger partial charge in [0.05, 0.1) is 40.6 Å². The molecule has 1 unspecified atom stereocenters. The van der Waals surface area contributed by atoms with Crippen LogP contribution in [0.3, 0.4) is 0 Å². The Labute approximate surface area is 212 Å². The molecule has 0 spiro atoms. The number of ether oxygens (including phenoxy) is 2. The average Bonchev–Trinajstić information content (AvgIpc) is 3.17. The first-order valence-electron chi connectivity index (χ1n) is 11.4. The minimum Gasteiger partial charge on any atom is -0.465 e. The van der Waals surface area contributed by atoms with Crippen LogP contribution in [0.15, 0.2) is 81.7 Å². The molecule has 0 aliphatic carbocycles. The Morgan fingerprint density at radius 3 is 2.39 bits per heavy atom. The van der Waals surface area contributed by atoms with Gasteiger partial charge in [0, 0.05) is 0 Å². The third-order valence-corrected chi connectivity index (χ3v) is 6.57. The van der Waals surface area contributed by atoms with Crippen molar-refractivity contribution in [1.82, 2.24) is 4.57 Å². The van der Waals surface area contributed by atoms with E-state index >= 15 is 0 Å². The molecule has 1 aromatic heterocycles. The van der Waals surface area contributed by atoms with Crippen LogP contribution in [0.4, 0.5) is 0 Å². The second kappa shape index (κ2) is 10.7. The molecule has 1 aliphatic heterocycles. The number of hydrogen-bond acceptors (Lipinski definition) is 7.